The molecule has 0 aliphatic heterocycles. The van der Waals surface area contributed by atoms with Gasteiger partial charge < -0.3 is 0 Å². The molecule has 3 rings (SSSR count). The fourth-order valence-electron chi connectivity index (χ4n) is 2.71. The summed E-state index contributed by atoms with van der Waals surface area (Å²) in [5, 5.41) is 0.209. The van der Waals surface area contributed by atoms with Crippen molar-refractivity contribution in [1.29, 1.82) is 0 Å². The normalized spacial score (nSPS) is 11.3. The second-order valence-corrected chi connectivity index (χ2v) is 8.02. The summed E-state index contributed by atoms with van der Waals surface area (Å²) in [6, 6.07) is 26.9. The molecular weight excluding hydrogens is 336 g/mol. The van der Waals surface area contributed by atoms with Crippen molar-refractivity contribution in [3.05, 3.63) is 78.9 Å². The van der Waals surface area contributed by atoms with Gasteiger partial charge >= 0.3 is 0 Å². The lowest BCUT2D eigenvalue weighted by atomic mass is 9.92. The number of thioether (sulfide) groups is 1. The molecule has 0 saturated carbocycles. The summed E-state index contributed by atoms with van der Waals surface area (Å²) >= 11 is 1.38. The first-order chi connectivity index (χ1) is 12.5. The first kappa shape index (κ1) is 18.5. The molecule has 0 unspecified atom stereocenters. The Morgan fingerprint density at radius 2 is 1.23 bits per heavy atom. The molecule has 0 bridgehead atoms. The lowest BCUT2D eigenvalue weighted by Crippen LogP contribution is -2.20. The summed E-state index contributed by atoms with van der Waals surface area (Å²) < 4.78 is 0. The van der Waals surface area contributed by atoms with Gasteiger partial charge in [0, 0.05) is 10.3 Å². The Kier molecular flexibility index (Phi) is 5.63. The molecular formula is C24H24OS. The van der Waals surface area contributed by atoms with E-state index in [1.807, 2.05) is 50.2 Å². The Morgan fingerprint density at radius 3 is 1.65 bits per heavy atom. The zero-order valence-corrected chi connectivity index (χ0v) is 16.3. The first-order valence-electron chi connectivity index (χ1n) is 8.99. The summed E-state index contributed by atoms with van der Waals surface area (Å²) in [6.07, 6.45) is 0.826. The van der Waals surface area contributed by atoms with Gasteiger partial charge in [-0.15, -0.1) is 0 Å². The van der Waals surface area contributed by atoms with Crippen molar-refractivity contribution in [3.8, 4) is 22.3 Å². The van der Waals surface area contributed by atoms with Crippen molar-refractivity contribution in [1.82, 2.24) is 0 Å². The molecule has 0 fully saturated rings. The summed E-state index contributed by atoms with van der Waals surface area (Å²) in [4.78, 5) is 14.0. The van der Waals surface area contributed by atoms with E-state index in [0.717, 1.165) is 33.6 Å². The first-order valence-corrected chi connectivity index (χ1v) is 9.80. The SMILES string of the molecule is CCC(C)(C)C(=O)Sc1c(-c2ccccc2)cccc1-c1ccccc1. The molecule has 26 heavy (non-hydrogen) atoms. The van der Waals surface area contributed by atoms with Gasteiger partial charge in [0.2, 0.25) is 0 Å². The van der Waals surface area contributed by atoms with Crippen molar-refractivity contribution in [2.75, 3.05) is 0 Å². The minimum atomic E-state index is -0.345. The third-order valence-corrected chi connectivity index (χ3v) is 6.20. The second-order valence-electron chi connectivity index (χ2n) is 7.04. The van der Waals surface area contributed by atoms with Gasteiger partial charge in [-0.3, -0.25) is 4.79 Å². The lowest BCUT2D eigenvalue weighted by molar-refractivity contribution is -0.118. The zero-order chi connectivity index (χ0) is 18.6. The lowest BCUT2D eigenvalue weighted by Gasteiger charge is -2.22. The smallest absolute Gasteiger partial charge is 0.199 e. The van der Waals surface area contributed by atoms with Crippen LogP contribution in [0.3, 0.4) is 0 Å². The molecule has 0 atom stereocenters. The van der Waals surface area contributed by atoms with Crippen LogP contribution in [0.4, 0.5) is 0 Å². The molecule has 0 aliphatic carbocycles. The van der Waals surface area contributed by atoms with E-state index in [1.54, 1.807) is 0 Å². The Morgan fingerprint density at radius 1 is 0.769 bits per heavy atom. The Labute approximate surface area is 160 Å². The van der Waals surface area contributed by atoms with Crippen LogP contribution in [0.2, 0.25) is 0 Å². The predicted molar refractivity (Wildman–Crippen MR) is 112 cm³/mol. The molecule has 0 amide bonds. The average Bonchev–Trinajstić information content (AvgIpc) is 2.69. The number of carbonyl (C=O) groups is 1. The van der Waals surface area contributed by atoms with Crippen molar-refractivity contribution in [2.24, 2.45) is 5.41 Å². The van der Waals surface area contributed by atoms with Crippen molar-refractivity contribution in [3.63, 3.8) is 0 Å². The third kappa shape index (κ3) is 3.91. The van der Waals surface area contributed by atoms with Gasteiger partial charge in [0.05, 0.1) is 0 Å². The average molecular weight is 361 g/mol. The van der Waals surface area contributed by atoms with Gasteiger partial charge in [-0.2, -0.15) is 0 Å². The summed E-state index contributed by atoms with van der Waals surface area (Å²) in [7, 11) is 0. The van der Waals surface area contributed by atoms with Crippen molar-refractivity contribution < 1.29 is 4.79 Å². The van der Waals surface area contributed by atoms with Gasteiger partial charge in [-0.25, -0.2) is 0 Å². The van der Waals surface area contributed by atoms with E-state index in [2.05, 4.69) is 49.4 Å². The zero-order valence-electron chi connectivity index (χ0n) is 15.5. The maximum atomic E-state index is 13.0. The van der Waals surface area contributed by atoms with Crippen LogP contribution in [-0.2, 0) is 4.79 Å². The summed E-state index contributed by atoms with van der Waals surface area (Å²) in [5.41, 5.74) is 4.14. The molecule has 0 saturated heterocycles. The quantitative estimate of drug-likeness (QED) is 0.452. The highest BCUT2D eigenvalue weighted by Gasteiger charge is 2.28. The molecule has 0 heterocycles. The van der Waals surface area contributed by atoms with E-state index in [-0.39, 0.29) is 10.5 Å². The fraction of sp³-hybridized carbons (Fsp3) is 0.208. The van der Waals surface area contributed by atoms with Crippen LogP contribution in [-0.4, -0.2) is 5.12 Å². The summed E-state index contributed by atoms with van der Waals surface area (Å²) in [6.45, 7) is 6.12. The predicted octanol–water partition coefficient (Wildman–Crippen LogP) is 7.08. The molecule has 1 nitrogen and oxygen atoms in total. The van der Waals surface area contributed by atoms with E-state index in [4.69, 9.17) is 0 Å². The number of benzene rings is 3. The Hall–Kier alpha value is -2.32. The highest BCUT2D eigenvalue weighted by molar-refractivity contribution is 8.14. The van der Waals surface area contributed by atoms with Crippen LogP contribution in [0, 0.1) is 5.41 Å². The van der Waals surface area contributed by atoms with Gasteiger partial charge in [0.25, 0.3) is 0 Å². The Bertz CT molecular complexity index is 825. The van der Waals surface area contributed by atoms with E-state index < -0.39 is 0 Å². The second kappa shape index (κ2) is 7.92. The van der Waals surface area contributed by atoms with Crippen LogP contribution in [0.5, 0.6) is 0 Å². The van der Waals surface area contributed by atoms with Crippen LogP contribution in [0.15, 0.2) is 83.8 Å². The molecule has 132 valence electrons. The van der Waals surface area contributed by atoms with Crippen LogP contribution < -0.4 is 0 Å². The van der Waals surface area contributed by atoms with Crippen molar-refractivity contribution >= 4 is 16.9 Å². The largest absolute Gasteiger partial charge is 0.286 e. The van der Waals surface area contributed by atoms with E-state index >= 15 is 0 Å². The van der Waals surface area contributed by atoms with Gasteiger partial charge in [-0.05, 0) is 28.7 Å². The minimum absolute atomic E-state index is 0.209. The van der Waals surface area contributed by atoms with Gasteiger partial charge in [0.15, 0.2) is 5.12 Å². The maximum absolute atomic E-state index is 13.0. The van der Waals surface area contributed by atoms with Crippen molar-refractivity contribution in [2.45, 2.75) is 32.1 Å². The van der Waals surface area contributed by atoms with Gasteiger partial charge in [-0.1, -0.05) is 111 Å². The van der Waals surface area contributed by atoms with Gasteiger partial charge in [0.1, 0.15) is 0 Å². The minimum Gasteiger partial charge on any atom is -0.286 e. The van der Waals surface area contributed by atoms with E-state index in [1.165, 1.54) is 11.8 Å². The maximum Gasteiger partial charge on any atom is 0.199 e. The number of carbonyl (C=O) groups excluding carboxylic acids is 1. The number of hydrogen-bond donors (Lipinski definition) is 0. The molecule has 0 N–H and O–H groups in total. The topological polar surface area (TPSA) is 17.1 Å². The molecule has 3 aromatic rings. The number of rotatable bonds is 5. The Balaban J connectivity index is 2.16. The molecule has 0 radical (unpaired) electrons. The molecule has 2 heteroatoms. The van der Waals surface area contributed by atoms with E-state index in [0.29, 0.717) is 0 Å². The van der Waals surface area contributed by atoms with Crippen LogP contribution >= 0.6 is 11.8 Å². The fourth-order valence-corrected chi connectivity index (χ4v) is 3.91. The highest BCUT2D eigenvalue weighted by Crippen LogP contribution is 2.42. The molecule has 3 aromatic carbocycles. The monoisotopic (exact) mass is 360 g/mol. The van der Waals surface area contributed by atoms with E-state index in [9.17, 15) is 4.79 Å². The highest BCUT2D eigenvalue weighted by atomic mass is 32.2. The standard InChI is InChI=1S/C24H24OS/c1-4-24(2,3)23(25)26-22-20(18-12-7-5-8-13-18)16-11-17-21(22)19-14-9-6-10-15-19/h5-17H,4H2,1-3H3. The molecule has 0 aliphatic rings. The summed E-state index contributed by atoms with van der Waals surface area (Å²) in [5.74, 6) is 0. The van der Waals surface area contributed by atoms with Crippen LogP contribution in [0.1, 0.15) is 27.2 Å². The third-order valence-electron chi connectivity index (χ3n) is 4.82. The molecule has 0 spiro atoms. The molecule has 0 aromatic heterocycles. The number of hydrogen-bond acceptors (Lipinski definition) is 2. The van der Waals surface area contributed by atoms with Crippen LogP contribution in [0.25, 0.3) is 22.3 Å².